The summed E-state index contributed by atoms with van der Waals surface area (Å²) in [5.74, 6) is 0.649. The minimum atomic E-state index is -0.754. The van der Waals surface area contributed by atoms with Crippen molar-refractivity contribution in [2.24, 2.45) is 0 Å². The second kappa shape index (κ2) is 4.57. The van der Waals surface area contributed by atoms with E-state index in [1.165, 1.54) is 0 Å². The molecule has 5 heteroatoms. The highest BCUT2D eigenvalue weighted by Gasteiger charge is 2.18. The highest BCUT2D eigenvalue weighted by molar-refractivity contribution is 9.39. The summed E-state index contributed by atoms with van der Waals surface area (Å²) in [5, 5.41) is 0. The van der Waals surface area contributed by atoms with Crippen LogP contribution in [0.2, 0.25) is 0 Å². The average Bonchev–Trinajstić information content (AvgIpc) is 2.03. The average molecular weight is 373 g/mol. The number of aldehydes is 1. The summed E-state index contributed by atoms with van der Waals surface area (Å²) in [4.78, 5) is 10.3. The maximum absolute atomic E-state index is 10.3. The number of alkyl halides is 3. The van der Waals surface area contributed by atoms with E-state index >= 15 is 0 Å². The van der Waals surface area contributed by atoms with Crippen LogP contribution in [-0.4, -0.2) is 8.62 Å². The van der Waals surface area contributed by atoms with Crippen LogP contribution in [0.5, 0.6) is 5.75 Å². The lowest BCUT2D eigenvalue weighted by molar-refractivity contribution is 0.112. The van der Waals surface area contributed by atoms with Crippen molar-refractivity contribution in [1.82, 2.24) is 0 Å². The molecule has 0 amide bonds. The van der Waals surface area contributed by atoms with Gasteiger partial charge in [-0.1, -0.05) is 0 Å². The molecule has 1 aromatic carbocycles. The van der Waals surface area contributed by atoms with Gasteiger partial charge in [0.15, 0.2) is 0 Å². The largest absolute Gasteiger partial charge is 0.456 e. The predicted molar refractivity (Wildman–Crippen MR) is 62.0 cm³/mol. The van der Waals surface area contributed by atoms with Crippen molar-refractivity contribution in [1.29, 1.82) is 0 Å². The number of benzene rings is 1. The standard InChI is InChI=1S/C8H5Br3O2/c9-8(10,11)13-7-3-1-6(5-12)2-4-7/h1-5H. The van der Waals surface area contributed by atoms with Gasteiger partial charge in [0.05, 0.1) is 0 Å². The molecule has 0 aliphatic heterocycles. The third-order valence-electron chi connectivity index (χ3n) is 1.25. The van der Waals surface area contributed by atoms with E-state index in [2.05, 4.69) is 47.8 Å². The van der Waals surface area contributed by atoms with Crippen molar-refractivity contribution >= 4 is 54.1 Å². The summed E-state index contributed by atoms with van der Waals surface area (Å²) in [6.45, 7) is 0. The maximum atomic E-state index is 10.3. The normalized spacial score (nSPS) is 11.0. The molecule has 70 valence electrons. The molecule has 0 heterocycles. The van der Waals surface area contributed by atoms with Crippen LogP contribution in [-0.2, 0) is 0 Å². The number of rotatable bonds is 2. The first-order chi connectivity index (χ1) is 6.01. The van der Waals surface area contributed by atoms with Crippen LogP contribution in [0.15, 0.2) is 24.3 Å². The topological polar surface area (TPSA) is 26.3 Å². The molecule has 2 nitrogen and oxygen atoms in total. The van der Waals surface area contributed by atoms with Crippen LogP contribution >= 0.6 is 47.8 Å². The Morgan fingerprint density at radius 1 is 1.15 bits per heavy atom. The molecular weight excluding hydrogens is 368 g/mol. The number of halogens is 3. The van der Waals surface area contributed by atoms with Crippen molar-refractivity contribution in [2.75, 3.05) is 0 Å². The van der Waals surface area contributed by atoms with E-state index in [-0.39, 0.29) is 0 Å². The highest BCUT2D eigenvalue weighted by atomic mass is 80.0. The van der Waals surface area contributed by atoms with E-state index < -0.39 is 2.33 Å². The Morgan fingerprint density at radius 3 is 2.08 bits per heavy atom. The molecule has 0 bridgehead atoms. The molecule has 0 saturated carbocycles. The van der Waals surface area contributed by atoms with Gasteiger partial charge in [0.2, 0.25) is 0 Å². The summed E-state index contributed by atoms with van der Waals surface area (Å²) in [6.07, 6.45) is 0.785. The third kappa shape index (κ3) is 4.24. The molecule has 0 unspecified atom stereocenters. The summed E-state index contributed by atoms with van der Waals surface area (Å²) in [5.41, 5.74) is 0.622. The monoisotopic (exact) mass is 370 g/mol. The minimum Gasteiger partial charge on any atom is -0.456 e. The first-order valence-corrected chi connectivity index (χ1v) is 5.70. The zero-order valence-corrected chi connectivity index (χ0v) is 11.1. The Balaban J connectivity index is 2.75. The van der Waals surface area contributed by atoms with Gasteiger partial charge in [-0.25, -0.2) is 0 Å². The Kier molecular flexibility index (Phi) is 3.94. The van der Waals surface area contributed by atoms with E-state index in [1.807, 2.05) is 0 Å². The molecule has 0 saturated heterocycles. The lowest BCUT2D eigenvalue weighted by Gasteiger charge is -2.14. The SMILES string of the molecule is O=Cc1ccc(OC(Br)(Br)Br)cc1. The van der Waals surface area contributed by atoms with Gasteiger partial charge < -0.3 is 4.74 Å². The van der Waals surface area contributed by atoms with Crippen LogP contribution in [0.3, 0.4) is 0 Å². The molecule has 1 rings (SSSR count). The fourth-order valence-corrected chi connectivity index (χ4v) is 1.31. The predicted octanol–water partition coefficient (Wildman–Crippen LogP) is 3.67. The number of carbonyl (C=O) groups excluding carboxylic acids is 1. The number of ether oxygens (including phenoxy) is 1. The first kappa shape index (κ1) is 11.2. The lowest BCUT2D eigenvalue weighted by atomic mass is 10.2. The fraction of sp³-hybridized carbons (Fsp3) is 0.125. The van der Waals surface area contributed by atoms with Crippen LogP contribution in [0.4, 0.5) is 0 Å². The van der Waals surface area contributed by atoms with Gasteiger partial charge in [-0.05, 0) is 72.1 Å². The van der Waals surface area contributed by atoms with Crippen molar-refractivity contribution in [2.45, 2.75) is 2.33 Å². The van der Waals surface area contributed by atoms with Crippen LogP contribution in [0.1, 0.15) is 10.4 Å². The zero-order valence-electron chi connectivity index (χ0n) is 6.34. The maximum Gasteiger partial charge on any atom is 0.272 e. The summed E-state index contributed by atoms with van der Waals surface area (Å²) >= 11 is 9.58. The van der Waals surface area contributed by atoms with Crippen LogP contribution < -0.4 is 4.74 Å². The van der Waals surface area contributed by atoms with Gasteiger partial charge in [0.25, 0.3) is 2.33 Å². The van der Waals surface area contributed by atoms with Crippen LogP contribution in [0, 0.1) is 0 Å². The number of carbonyl (C=O) groups is 1. The minimum absolute atomic E-state index is 0.622. The van der Waals surface area contributed by atoms with E-state index in [4.69, 9.17) is 4.74 Å². The van der Waals surface area contributed by atoms with Gasteiger partial charge in [-0.3, -0.25) is 4.79 Å². The first-order valence-electron chi connectivity index (χ1n) is 3.32. The molecule has 1 aromatic rings. The van der Waals surface area contributed by atoms with Gasteiger partial charge in [-0.15, -0.1) is 0 Å². The van der Waals surface area contributed by atoms with E-state index in [1.54, 1.807) is 24.3 Å². The van der Waals surface area contributed by atoms with Crippen molar-refractivity contribution in [3.05, 3.63) is 29.8 Å². The molecule has 0 atom stereocenters. The molecule has 0 radical (unpaired) electrons. The van der Waals surface area contributed by atoms with E-state index in [0.717, 1.165) is 6.29 Å². The van der Waals surface area contributed by atoms with Gasteiger partial charge in [0.1, 0.15) is 12.0 Å². The smallest absolute Gasteiger partial charge is 0.272 e. The second-order valence-electron chi connectivity index (χ2n) is 2.23. The molecule has 0 fully saturated rings. The van der Waals surface area contributed by atoms with E-state index in [9.17, 15) is 4.79 Å². The van der Waals surface area contributed by atoms with Crippen molar-refractivity contribution < 1.29 is 9.53 Å². The molecule has 0 aliphatic carbocycles. The molecule has 0 N–H and O–H groups in total. The molecular formula is C8H5Br3O2. The molecule has 0 aliphatic rings. The lowest BCUT2D eigenvalue weighted by Crippen LogP contribution is -2.09. The Labute approximate surface area is 101 Å². The quantitative estimate of drug-likeness (QED) is 0.585. The second-order valence-corrected chi connectivity index (χ2v) is 8.78. The summed E-state index contributed by atoms with van der Waals surface area (Å²) in [6, 6.07) is 6.78. The van der Waals surface area contributed by atoms with Gasteiger partial charge in [0, 0.05) is 5.56 Å². The van der Waals surface area contributed by atoms with Crippen molar-refractivity contribution in [3.63, 3.8) is 0 Å². The van der Waals surface area contributed by atoms with Gasteiger partial charge in [-0.2, -0.15) is 0 Å². The number of hydrogen-bond acceptors (Lipinski definition) is 2. The van der Waals surface area contributed by atoms with Crippen LogP contribution in [0.25, 0.3) is 0 Å². The fourth-order valence-electron chi connectivity index (χ4n) is 0.748. The zero-order chi connectivity index (χ0) is 9.90. The van der Waals surface area contributed by atoms with Gasteiger partial charge >= 0.3 is 0 Å². The Bertz CT molecular complexity index is 289. The number of hydrogen-bond donors (Lipinski definition) is 0. The van der Waals surface area contributed by atoms with E-state index in [0.29, 0.717) is 11.3 Å². The molecule has 13 heavy (non-hydrogen) atoms. The Morgan fingerprint density at radius 2 is 1.69 bits per heavy atom. The highest BCUT2D eigenvalue weighted by Crippen LogP contribution is 2.35. The molecule has 0 aromatic heterocycles. The summed E-state index contributed by atoms with van der Waals surface area (Å²) in [7, 11) is 0. The van der Waals surface area contributed by atoms with Crippen molar-refractivity contribution in [3.8, 4) is 5.75 Å². The summed E-state index contributed by atoms with van der Waals surface area (Å²) < 4.78 is 4.58. The molecule has 0 spiro atoms. The Hall–Kier alpha value is 0.130. The third-order valence-corrected chi connectivity index (χ3v) is 1.74.